The number of esters is 1. The second-order valence-electron chi connectivity index (χ2n) is 5.95. The standard InChI is InChI=1S/C19H16N4O4/c1-26-14-9-5-4-8-13(14)16-20-19(23-22-16)21-17(24)15-10-11-6-2-3-7-12(11)18(25)27-15/h2-9,15H,10H2,1H3,(H2,20,21,22,23,24)/t15-/m0/s1. The van der Waals surface area contributed by atoms with Crippen molar-refractivity contribution in [3.05, 3.63) is 59.7 Å². The third kappa shape index (κ3) is 3.24. The molecule has 1 aromatic heterocycles. The van der Waals surface area contributed by atoms with Crippen LogP contribution >= 0.6 is 0 Å². The van der Waals surface area contributed by atoms with Crippen molar-refractivity contribution in [2.75, 3.05) is 12.4 Å². The molecule has 8 nitrogen and oxygen atoms in total. The fraction of sp³-hybridized carbons (Fsp3) is 0.158. The normalized spacial score (nSPS) is 15.6. The maximum Gasteiger partial charge on any atom is 0.339 e. The summed E-state index contributed by atoms with van der Waals surface area (Å²) in [5.74, 6) is 0.180. The SMILES string of the molecule is COc1ccccc1-c1nc(NC(=O)[C@@H]2Cc3ccccc3C(=O)O2)n[nH]1. The number of amides is 1. The molecule has 0 aliphatic carbocycles. The fourth-order valence-corrected chi connectivity index (χ4v) is 2.95. The molecule has 1 atom stereocenters. The van der Waals surface area contributed by atoms with Crippen molar-refractivity contribution in [1.82, 2.24) is 15.2 Å². The van der Waals surface area contributed by atoms with Crippen LogP contribution in [-0.2, 0) is 16.0 Å². The second kappa shape index (κ2) is 6.91. The first kappa shape index (κ1) is 16.8. The molecule has 2 N–H and O–H groups in total. The lowest BCUT2D eigenvalue weighted by molar-refractivity contribution is -0.125. The number of H-pyrrole nitrogens is 1. The van der Waals surface area contributed by atoms with Crippen LogP contribution in [-0.4, -0.2) is 40.3 Å². The van der Waals surface area contributed by atoms with Gasteiger partial charge in [-0.05, 0) is 23.8 Å². The molecule has 0 spiro atoms. The van der Waals surface area contributed by atoms with Crippen molar-refractivity contribution >= 4 is 17.8 Å². The van der Waals surface area contributed by atoms with Crippen LogP contribution in [0.25, 0.3) is 11.4 Å². The quantitative estimate of drug-likeness (QED) is 0.688. The lowest BCUT2D eigenvalue weighted by Gasteiger charge is -2.23. The van der Waals surface area contributed by atoms with Crippen LogP contribution in [0.15, 0.2) is 48.5 Å². The highest BCUT2D eigenvalue weighted by atomic mass is 16.5. The summed E-state index contributed by atoms with van der Waals surface area (Å²) < 4.78 is 10.5. The van der Waals surface area contributed by atoms with Crippen LogP contribution in [0.5, 0.6) is 5.75 Å². The van der Waals surface area contributed by atoms with Crippen molar-refractivity contribution < 1.29 is 19.1 Å². The van der Waals surface area contributed by atoms with E-state index in [4.69, 9.17) is 9.47 Å². The average molecular weight is 364 g/mol. The number of fused-ring (bicyclic) bond motifs is 1. The molecule has 2 aromatic carbocycles. The molecule has 136 valence electrons. The van der Waals surface area contributed by atoms with E-state index >= 15 is 0 Å². The minimum Gasteiger partial charge on any atom is -0.496 e. The topological polar surface area (TPSA) is 106 Å². The minimum absolute atomic E-state index is 0.0933. The predicted octanol–water partition coefficient (Wildman–Crippen LogP) is 2.20. The molecule has 0 saturated carbocycles. The zero-order chi connectivity index (χ0) is 18.8. The summed E-state index contributed by atoms with van der Waals surface area (Å²) in [5, 5.41) is 9.35. The molecule has 3 aromatic rings. The molecule has 1 aliphatic heterocycles. The van der Waals surface area contributed by atoms with Crippen LogP contribution in [0.4, 0.5) is 5.95 Å². The number of anilines is 1. The number of aromatic amines is 1. The van der Waals surface area contributed by atoms with E-state index in [1.165, 1.54) is 0 Å². The lowest BCUT2D eigenvalue weighted by Crippen LogP contribution is -2.38. The van der Waals surface area contributed by atoms with Gasteiger partial charge < -0.3 is 9.47 Å². The first-order valence-corrected chi connectivity index (χ1v) is 8.31. The third-order valence-electron chi connectivity index (χ3n) is 4.27. The Balaban J connectivity index is 1.50. The number of para-hydroxylation sites is 1. The molecule has 0 saturated heterocycles. The molecule has 2 heterocycles. The van der Waals surface area contributed by atoms with Gasteiger partial charge in [-0.25, -0.2) is 4.79 Å². The summed E-state index contributed by atoms with van der Waals surface area (Å²) in [5.41, 5.74) is 1.97. The molecule has 1 amide bonds. The molecular formula is C19H16N4O4. The number of rotatable bonds is 4. The van der Waals surface area contributed by atoms with E-state index in [-0.39, 0.29) is 5.95 Å². The Morgan fingerprint density at radius 3 is 2.74 bits per heavy atom. The number of nitrogens with zero attached hydrogens (tertiary/aromatic N) is 2. The van der Waals surface area contributed by atoms with Crippen molar-refractivity contribution in [2.24, 2.45) is 0 Å². The summed E-state index contributed by atoms with van der Waals surface area (Å²) in [6.07, 6.45) is -0.627. The molecule has 8 heteroatoms. The average Bonchev–Trinajstić information content (AvgIpc) is 3.16. The monoisotopic (exact) mass is 364 g/mol. The number of ether oxygens (including phenoxy) is 2. The van der Waals surface area contributed by atoms with Crippen LogP contribution < -0.4 is 10.1 Å². The Kier molecular flexibility index (Phi) is 4.29. The second-order valence-corrected chi connectivity index (χ2v) is 5.95. The summed E-state index contributed by atoms with van der Waals surface area (Å²) in [4.78, 5) is 28.8. The Hall–Kier alpha value is -3.68. The lowest BCUT2D eigenvalue weighted by atomic mass is 9.98. The zero-order valence-corrected chi connectivity index (χ0v) is 14.4. The van der Waals surface area contributed by atoms with E-state index in [2.05, 4.69) is 20.5 Å². The molecular weight excluding hydrogens is 348 g/mol. The number of nitrogens with one attached hydrogen (secondary N) is 2. The van der Waals surface area contributed by atoms with Crippen LogP contribution in [0.2, 0.25) is 0 Å². The number of aromatic nitrogens is 3. The molecule has 0 radical (unpaired) electrons. The first-order chi connectivity index (χ1) is 13.2. The van der Waals surface area contributed by atoms with Gasteiger partial charge in [-0.2, -0.15) is 4.98 Å². The van der Waals surface area contributed by atoms with Crippen molar-refractivity contribution in [2.45, 2.75) is 12.5 Å². The third-order valence-corrected chi connectivity index (χ3v) is 4.27. The maximum atomic E-state index is 12.5. The number of methoxy groups -OCH3 is 1. The van der Waals surface area contributed by atoms with Gasteiger partial charge in [0, 0.05) is 6.42 Å². The zero-order valence-electron chi connectivity index (χ0n) is 14.4. The van der Waals surface area contributed by atoms with Gasteiger partial charge in [0.1, 0.15) is 5.75 Å². The number of carbonyl (C=O) groups excluding carboxylic acids is 2. The summed E-state index contributed by atoms with van der Waals surface area (Å²) in [6.45, 7) is 0. The van der Waals surface area contributed by atoms with Crippen molar-refractivity contribution in [3.63, 3.8) is 0 Å². The summed E-state index contributed by atoms with van der Waals surface area (Å²) >= 11 is 0. The van der Waals surface area contributed by atoms with Gasteiger partial charge in [0.25, 0.3) is 5.91 Å². The van der Waals surface area contributed by atoms with Gasteiger partial charge in [-0.15, -0.1) is 5.10 Å². The number of hydrogen-bond acceptors (Lipinski definition) is 6. The van der Waals surface area contributed by atoms with E-state index in [1.54, 1.807) is 25.3 Å². The fourth-order valence-electron chi connectivity index (χ4n) is 2.95. The highest BCUT2D eigenvalue weighted by Gasteiger charge is 2.31. The number of cyclic esters (lactones) is 1. The molecule has 27 heavy (non-hydrogen) atoms. The smallest absolute Gasteiger partial charge is 0.339 e. The number of carbonyl (C=O) groups is 2. The highest BCUT2D eigenvalue weighted by molar-refractivity contribution is 5.99. The van der Waals surface area contributed by atoms with Gasteiger partial charge >= 0.3 is 5.97 Å². The van der Waals surface area contributed by atoms with Gasteiger partial charge in [0.15, 0.2) is 11.9 Å². The summed E-state index contributed by atoms with van der Waals surface area (Å²) in [7, 11) is 1.56. The molecule has 0 fully saturated rings. The van der Waals surface area contributed by atoms with E-state index < -0.39 is 18.0 Å². The van der Waals surface area contributed by atoms with E-state index in [0.29, 0.717) is 29.1 Å². The van der Waals surface area contributed by atoms with Gasteiger partial charge in [0.05, 0.1) is 18.2 Å². The number of hydrogen-bond donors (Lipinski definition) is 2. The number of benzene rings is 2. The van der Waals surface area contributed by atoms with E-state index in [1.807, 2.05) is 30.3 Å². The maximum absolute atomic E-state index is 12.5. The van der Waals surface area contributed by atoms with Gasteiger partial charge in [-0.1, -0.05) is 30.3 Å². The van der Waals surface area contributed by atoms with Gasteiger partial charge in [-0.3, -0.25) is 15.2 Å². The van der Waals surface area contributed by atoms with E-state index in [9.17, 15) is 9.59 Å². The van der Waals surface area contributed by atoms with Crippen molar-refractivity contribution in [3.8, 4) is 17.1 Å². The molecule has 0 unspecified atom stereocenters. The van der Waals surface area contributed by atoms with E-state index in [0.717, 1.165) is 5.56 Å². The highest BCUT2D eigenvalue weighted by Crippen LogP contribution is 2.27. The summed E-state index contributed by atoms with van der Waals surface area (Å²) in [6, 6.07) is 14.4. The first-order valence-electron chi connectivity index (χ1n) is 8.31. The molecule has 0 bridgehead atoms. The Morgan fingerprint density at radius 2 is 1.93 bits per heavy atom. The molecule has 4 rings (SSSR count). The van der Waals surface area contributed by atoms with Gasteiger partial charge in [0.2, 0.25) is 5.95 Å². The Morgan fingerprint density at radius 1 is 1.19 bits per heavy atom. The predicted molar refractivity (Wildman–Crippen MR) is 96.3 cm³/mol. The largest absolute Gasteiger partial charge is 0.496 e. The minimum atomic E-state index is -0.930. The van der Waals surface area contributed by atoms with Crippen LogP contribution in [0.1, 0.15) is 15.9 Å². The molecule has 1 aliphatic rings. The van der Waals surface area contributed by atoms with Crippen LogP contribution in [0.3, 0.4) is 0 Å². The van der Waals surface area contributed by atoms with Crippen LogP contribution in [0, 0.1) is 0 Å². The Labute approximate surface area is 154 Å². The van der Waals surface area contributed by atoms with Crippen molar-refractivity contribution in [1.29, 1.82) is 0 Å². The Bertz CT molecular complexity index is 1010.